The number of pyridine rings is 3. The molecule has 3 aromatic rings. The number of carbonyl (C=O) groups excluding carboxylic acids is 1. The topological polar surface area (TPSA) is 115 Å². The van der Waals surface area contributed by atoms with Gasteiger partial charge in [-0.2, -0.15) is 0 Å². The number of anilines is 3. The molecule has 0 aliphatic heterocycles. The van der Waals surface area contributed by atoms with E-state index in [1.54, 1.807) is 12.4 Å². The maximum absolute atomic E-state index is 10.6. The van der Waals surface area contributed by atoms with Crippen molar-refractivity contribution in [3.05, 3.63) is 60.4 Å². The highest BCUT2D eigenvalue weighted by atomic mass is 16.5. The van der Waals surface area contributed by atoms with E-state index in [9.17, 15) is 4.79 Å². The monoisotopic (exact) mass is 364 g/mol. The van der Waals surface area contributed by atoms with Crippen molar-refractivity contribution in [1.82, 2.24) is 15.0 Å². The number of primary amides is 1. The summed E-state index contributed by atoms with van der Waals surface area (Å²) in [5.74, 6) is 2.10. The number of nitrogens with zero attached hydrogens (tertiary/aromatic N) is 3. The van der Waals surface area contributed by atoms with Crippen LogP contribution in [-0.4, -0.2) is 34.2 Å². The first kappa shape index (κ1) is 18.1. The first-order valence-electron chi connectivity index (χ1n) is 8.39. The number of carbonyl (C=O) groups is 1. The minimum absolute atomic E-state index is 0.169. The SMILES string of the molecule is Cc1ccnc(Nc2cccc(-c3ccnc(NCCOC(N)=O)c3)n2)c1. The average molecular weight is 364 g/mol. The maximum Gasteiger partial charge on any atom is 0.404 e. The minimum Gasteiger partial charge on any atom is -0.448 e. The zero-order chi connectivity index (χ0) is 19.1. The van der Waals surface area contributed by atoms with Gasteiger partial charge in [-0.05, 0) is 48.9 Å². The number of aryl methyl sites for hydroxylation is 1. The third kappa shape index (κ3) is 5.40. The van der Waals surface area contributed by atoms with Crippen LogP contribution in [0.15, 0.2) is 54.9 Å². The zero-order valence-corrected chi connectivity index (χ0v) is 14.8. The summed E-state index contributed by atoms with van der Waals surface area (Å²) in [6.45, 7) is 2.59. The summed E-state index contributed by atoms with van der Waals surface area (Å²) in [6.07, 6.45) is 2.65. The quantitative estimate of drug-likeness (QED) is 0.552. The lowest BCUT2D eigenvalue weighted by Gasteiger charge is -2.09. The van der Waals surface area contributed by atoms with Gasteiger partial charge in [0.1, 0.15) is 24.1 Å². The Morgan fingerprint density at radius 3 is 2.70 bits per heavy atom. The standard InChI is InChI=1S/C19H20N6O2/c1-13-5-7-22-18(11-13)25-16-4-2-3-15(24-16)14-6-8-21-17(12-14)23-9-10-27-19(20)26/h2-8,11-12H,9-10H2,1H3,(H2,20,26)(H,21,23)(H,22,24,25). The van der Waals surface area contributed by atoms with E-state index < -0.39 is 6.09 Å². The molecule has 8 heteroatoms. The van der Waals surface area contributed by atoms with Gasteiger partial charge >= 0.3 is 6.09 Å². The fourth-order valence-corrected chi connectivity index (χ4v) is 2.42. The van der Waals surface area contributed by atoms with Crippen molar-refractivity contribution >= 4 is 23.5 Å². The molecule has 0 saturated heterocycles. The Morgan fingerprint density at radius 1 is 1.07 bits per heavy atom. The molecular weight excluding hydrogens is 344 g/mol. The van der Waals surface area contributed by atoms with Crippen LogP contribution in [0.1, 0.15) is 5.56 Å². The van der Waals surface area contributed by atoms with Gasteiger partial charge in [-0.15, -0.1) is 0 Å². The molecule has 3 aromatic heterocycles. The van der Waals surface area contributed by atoms with Crippen LogP contribution in [0.2, 0.25) is 0 Å². The first-order chi connectivity index (χ1) is 13.1. The number of ether oxygens (including phenoxy) is 1. The van der Waals surface area contributed by atoms with Gasteiger partial charge in [-0.1, -0.05) is 6.07 Å². The molecule has 3 rings (SSSR count). The predicted octanol–water partition coefficient (Wildman–Crippen LogP) is 3.10. The fraction of sp³-hybridized carbons (Fsp3) is 0.158. The Kier molecular flexibility index (Phi) is 5.78. The van der Waals surface area contributed by atoms with Crippen LogP contribution in [0, 0.1) is 6.92 Å². The van der Waals surface area contributed by atoms with Crippen molar-refractivity contribution < 1.29 is 9.53 Å². The van der Waals surface area contributed by atoms with Crippen molar-refractivity contribution in [1.29, 1.82) is 0 Å². The molecule has 0 bridgehead atoms. The Morgan fingerprint density at radius 2 is 1.89 bits per heavy atom. The van der Waals surface area contributed by atoms with E-state index in [1.165, 1.54) is 0 Å². The molecule has 0 spiro atoms. The second-order valence-electron chi connectivity index (χ2n) is 5.78. The molecule has 8 nitrogen and oxygen atoms in total. The molecule has 0 aromatic carbocycles. The number of amides is 1. The third-order valence-electron chi connectivity index (χ3n) is 3.63. The lowest BCUT2D eigenvalue weighted by atomic mass is 10.1. The normalized spacial score (nSPS) is 10.3. The highest BCUT2D eigenvalue weighted by Crippen LogP contribution is 2.22. The smallest absolute Gasteiger partial charge is 0.404 e. The summed E-state index contributed by atoms with van der Waals surface area (Å²) in [7, 11) is 0. The summed E-state index contributed by atoms with van der Waals surface area (Å²) in [6, 6.07) is 13.4. The van der Waals surface area contributed by atoms with E-state index in [-0.39, 0.29) is 6.61 Å². The van der Waals surface area contributed by atoms with E-state index in [4.69, 9.17) is 5.73 Å². The predicted molar refractivity (Wildman–Crippen MR) is 104 cm³/mol. The number of hydrogen-bond donors (Lipinski definition) is 3. The molecule has 3 heterocycles. The molecule has 0 atom stereocenters. The minimum atomic E-state index is -0.796. The van der Waals surface area contributed by atoms with Crippen molar-refractivity contribution in [3.63, 3.8) is 0 Å². The Hall–Kier alpha value is -3.68. The molecule has 138 valence electrons. The lowest BCUT2D eigenvalue weighted by Crippen LogP contribution is -2.18. The first-order valence-corrected chi connectivity index (χ1v) is 8.39. The second kappa shape index (κ2) is 8.61. The highest BCUT2D eigenvalue weighted by molar-refractivity contribution is 5.66. The molecule has 4 N–H and O–H groups in total. The van der Waals surface area contributed by atoms with Crippen LogP contribution in [0.25, 0.3) is 11.3 Å². The van der Waals surface area contributed by atoms with Gasteiger partial charge in [0.2, 0.25) is 0 Å². The molecular formula is C19H20N6O2. The zero-order valence-electron chi connectivity index (χ0n) is 14.8. The maximum atomic E-state index is 10.6. The summed E-state index contributed by atoms with van der Waals surface area (Å²) in [4.78, 5) is 23.7. The van der Waals surface area contributed by atoms with Crippen LogP contribution in [0.4, 0.5) is 22.2 Å². The molecule has 27 heavy (non-hydrogen) atoms. The number of hydrogen-bond acceptors (Lipinski definition) is 7. The summed E-state index contributed by atoms with van der Waals surface area (Å²) < 4.78 is 4.68. The van der Waals surface area contributed by atoms with Crippen molar-refractivity contribution in [2.45, 2.75) is 6.92 Å². The summed E-state index contributed by atoms with van der Waals surface area (Å²) in [5.41, 5.74) is 7.75. The van der Waals surface area contributed by atoms with E-state index in [0.717, 1.165) is 22.6 Å². The van der Waals surface area contributed by atoms with E-state index in [0.29, 0.717) is 18.2 Å². The van der Waals surface area contributed by atoms with Crippen molar-refractivity contribution in [3.8, 4) is 11.3 Å². The van der Waals surface area contributed by atoms with Gasteiger partial charge in [0.05, 0.1) is 12.2 Å². The van der Waals surface area contributed by atoms with Gasteiger partial charge in [0.15, 0.2) is 0 Å². The van der Waals surface area contributed by atoms with Gasteiger partial charge in [0.25, 0.3) is 0 Å². The van der Waals surface area contributed by atoms with E-state index in [1.807, 2.05) is 49.4 Å². The van der Waals surface area contributed by atoms with Gasteiger partial charge in [-0.3, -0.25) is 0 Å². The number of aromatic nitrogens is 3. The molecule has 0 aliphatic rings. The van der Waals surface area contributed by atoms with Crippen LogP contribution in [-0.2, 0) is 4.74 Å². The largest absolute Gasteiger partial charge is 0.448 e. The fourth-order valence-electron chi connectivity index (χ4n) is 2.42. The number of nitrogens with two attached hydrogens (primary N) is 1. The molecule has 0 unspecified atom stereocenters. The summed E-state index contributed by atoms with van der Waals surface area (Å²) >= 11 is 0. The van der Waals surface area contributed by atoms with Crippen LogP contribution in [0.3, 0.4) is 0 Å². The van der Waals surface area contributed by atoms with Crippen molar-refractivity contribution in [2.75, 3.05) is 23.8 Å². The van der Waals surface area contributed by atoms with E-state index in [2.05, 4.69) is 30.3 Å². The lowest BCUT2D eigenvalue weighted by molar-refractivity contribution is 0.161. The second-order valence-corrected chi connectivity index (χ2v) is 5.78. The molecule has 0 fully saturated rings. The number of rotatable bonds is 7. The van der Waals surface area contributed by atoms with Crippen molar-refractivity contribution in [2.24, 2.45) is 5.73 Å². The van der Waals surface area contributed by atoms with E-state index >= 15 is 0 Å². The average Bonchev–Trinajstić information content (AvgIpc) is 2.66. The molecule has 1 amide bonds. The molecule has 0 saturated carbocycles. The Labute approximate surface area is 156 Å². The Balaban J connectivity index is 1.71. The van der Waals surface area contributed by atoms with Gasteiger partial charge in [0, 0.05) is 18.0 Å². The van der Waals surface area contributed by atoms with Crippen LogP contribution < -0.4 is 16.4 Å². The molecule has 0 aliphatic carbocycles. The Bertz CT molecular complexity index is 931. The number of nitrogens with one attached hydrogen (secondary N) is 2. The highest BCUT2D eigenvalue weighted by Gasteiger charge is 2.05. The van der Waals surface area contributed by atoms with Crippen LogP contribution >= 0.6 is 0 Å². The van der Waals surface area contributed by atoms with Crippen LogP contribution in [0.5, 0.6) is 0 Å². The van der Waals surface area contributed by atoms with Gasteiger partial charge < -0.3 is 21.1 Å². The van der Waals surface area contributed by atoms with Gasteiger partial charge in [-0.25, -0.2) is 19.7 Å². The third-order valence-corrected chi connectivity index (χ3v) is 3.63. The molecule has 0 radical (unpaired) electrons. The summed E-state index contributed by atoms with van der Waals surface area (Å²) in [5, 5.41) is 6.28.